The van der Waals surface area contributed by atoms with Crippen LogP contribution >= 0.6 is 0 Å². The Morgan fingerprint density at radius 2 is 2.00 bits per heavy atom. The molecule has 0 aliphatic rings. The summed E-state index contributed by atoms with van der Waals surface area (Å²) in [4.78, 5) is 8.92. The summed E-state index contributed by atoms with van der Waals surface area (Å²) in [6.45, 7) is 7.23. The van der Waals surface area contributed by atoms with Crippen LogP contribution in [0.2, 0.25) is 0 Å². The van der Waals surface area contributed by atoms with E-state index in [0.717, 1.165) is 35.6 Å². The van der Waals surface area contributed by atoms with E-state index < -0.39 is 0 Å². The highest BCUT2D eigenvalue weighted by Crippen LogP contribution is 2.24. The van der Waals surface area contributed by atoms with E-state index in [9.17, 15) is 0 Å². The normalized spacial score (nSPS) is 10.9. The summed E-state index contributed by atoms with van der Waals surface area (Å²) in [6.07, 6.45) is 6.77. The van der Waals surface area contributed by atoms with Crippen molar-refractivity contribution in [1.82, 2.24) is 19.7 Å². The van der Waals surface area contributed by atoms with E-state index in [4.69, 9.17) is 0 Å². The highest BCUT2D eigenvalue weighted by atomic mass is 15.3. The molecule has 1 N–H and O–H groups in total. The van der Waals surface area contributed by atoms with Gasteiger partial charge in [0.1, 0.15) is 0 Å². The monoisotopic (exact) mass is 287 g/mol. The number of anilines is 1. The number of hydrogen-bond acceptors (Lipinski definition) is 4. The van der Waals surface area contributed by atoms with Crippen LogP contribution in [-0.2, 0) is 7.05 Å². The lowest BCUT2D eigenvalue weighted by atomic mass is 10.1. The maximum atomic E-state index is 4.62. The Bertz CT molecular complexity index is 588. The van der Waals surface area contributed by atoms with Crippen molar-refractivity contribution in [2.75, 3.05) is 11.9 Å². The third kappa shape index (κ3) is 3.80. The minimum atomic E-state index is 0.701. The van der Waals surface area contributed by atoms with Crippen LogP contribution in [0.15, 0.2) is 12.3 Å². The third-order valence-corrected chi connectivity index (χ3v) is 3.73. The molecule has 0 aliphatic heterocycles. The number of nitrogens with one attached hydrogen (secondary N) is 1. The van der Waals surface area contributed by atoms with Gasteiger partial charge in [0.2, 0.25) is 5.95 Å². The molecule has 0 atom stereocenters. The molecule has 21 heavy (non-hydrogen) atoms. The van der Waals surface area contributed by atoms with E-state index in [1.165, 1.54) is 19.3 Å². The van der Waals surface area contributed by atoms with Crippen LogP contribution in [0.4, 0.5) is 5.95 Å². The Morgan fingerprint density at radius 1 is 1.19 bits per heavy atom. The molecular formula is C16H25N5. The number of unbranched alkanes of at least 4 members (excludes halogenated alkanes) is 3. The van der Waals surface area contributed by atoms with Crippen molar-refractivity contribution in [3.8, 4) is 11.3 Å². The van der Waals surface area contributed by atoms with Crippen molar-refractivity contribution in [2.45, 2.75) is 46.5 Å². The molecule has 5 heteroatoms. The SMILES string of the molecule is CCCCCCNc1nccc(-c2c(C)nn(C)c2C)n1. The molecule has 0 saturated heterocycles. The van der Waals surface area contributed by atoms with E-state index in [1.54, 1.807) is 0 Å². The van der Waals surface area contributed by atoms with Gasteiger partial charge in [-0.25, -0.2) is 9.97 Å². The standard InChI is InChI=1S/C16H25N5/c1-5-6-7-8-10-17-16-18-11-9-14(19-16)15-12(2)20-21(4)13(15)3/h9,11H,5-8,10H2,1-4H3,(H,17,18,19). The first-order chi connectivity index (χ1) is 10.1. The molecule has 0 saturated carbocycles. The fraction of sp³-hybridized carbons (Fsp3) is 0.562. The lowest BCUT2D eigenvalue weighted by Gasteiger charge is -2.07. The fourth-order valence-corrected chi connectivity index (χ4v) is 2.48. The molecule has 2 rings (SSSR count). The van der Waals surface area contributed by atoms with E-state index in [0.29, 0.717) is 5.95 Å². The average Bonchev–Trinajstić information content (AvgIpc) is 2.72. The summed E-state index contributed by atoms with van der Waals surface area (Å²) in [6, 6.07) is 1.94. The van der Waals surface area contributed by atoms with Gasteiger partial charge in [0.05, 0.1) is 11.4 Å². The third-order valence-electron chi connectivity index (χ3n) is 3.73. The minimum Gasteiger partial charge on any atom is -0.354 e. The number of hydrogen-bond donors (Lipinski definition) is 1. The lowest BCUT2D eigenvalue weighted by Crippen LogP contribution is -2.05. The maximum Gasteiger partial charge on any atom is 0.223 e. The van der Waals surface area contributed by atoms with Crippen LogP contribution in [0.3, 0.4) is 0 Å². The zero-order valence-corrected chi connectivity index (χ0v) is 13.5. The Labute approximate surface area is 126 Å². The Hall–Kier alpha value is -1.91. The van der Waals surface area contributed by atoms with Gasteiger partial charge >= 0.3 is 0 Å². The second-order valence-corrected chi connectivity index (χ2v) is 5.42. The summed E-state index contributed by atoms with van der Waals surface area (Å²) in [5.41, 5.74) is 4.17. The predicted molar refractivity (Wildman–Crippen MR) is 86.3 cm³/mol. The van der Waals surface area contributed by atoms with E-state index in [-0.39, 0.29) is 0 Å². The summed E-state index contributed by atoms with van der Waals surface area (Å²) >= 11 is 0. The number of aromatic nitrogens is 4. The molecule has 2 heterocycles. The Kier molecular flexibility index (Phi) is 5.31. The molecule has 0 amide bonds. The molecule has 0 bridgehead atoms. The van der Waals surface area contributed by atoms with Crippen LogP contribution < -0.4 is 5.32 Å². The molecule has 5 nitrogen and oxygen atoms in total. The molecule has 0 fully saturated rings. The van der Waals surface area contributed by atoms with Crippen LogP contribution in [0.25, 0.3) is 11.3 Å². The topological polar surface area (TPSA) is 55.6 Å². The molecule has 0 aromatic carbocycles. The zero-order chi connectivity index (χ0) is 15.2. The van der Waals surface area contributed by atoms with Crippen LogP contribution in [0.1, 0.15) is 44.0 Å². The van der Waals surface area contributed by atoms with Gasteiger partial charge in [0.25, 0.3) is 0 Å². The molecular weight excluding hydrogens is 262 g/mol. The van der Waals surface area contributed by atoms with Crippen molar-refractivity contribution < 1.29 is 0 Å². The van der Waals surface area contributed by atoms with Gasteiger partial charge in [0.15, 0.2) is 0 Å². The molecule has 0 aliphatic carbocycles. The van der Waals surface area contributed by atoms with Crippen molar-refractivity contribution in [1.29, 1.82) is 0 Å². The second-order valence-electron chi connectivity index (χ2n) is 5.42. The smallest absolute Gasteiger partial charge is 0.223 e. The predicted octanol–water partition coefficient (Wildman–Crippen LogP) is 3.49. The Balaban J connectivity index is 2.07. The summed E-state index contributed by atoms with van der Waals surface area (Å²) in [7, 11) is 1.96. The maximum absolute atomic E-state index is 4.62. The second kappa shape index (κ2) is 7.20. The first-order valence-corrected chi connectivity index (χ1v) is 7.71. The van der Waals surface area contributed by atoms with Crippen molar-refractivity contribution in [2.24, 2.45) is 7.05 Å². The molecule has 0 spiro atoms. The molecule has 2 aromatic rings. The molecule has 0 unspecified atom stereocenters. The van der Waals surface area contributed by atoms with Gasteiger partial charge in [0, 0.05) is 31.0 Å². The number of aryl methyl sites for hydroxylation is 2. The van der Waals surface area contributed by atoms with Gasteiger partial charge in [-0.15, -0.1) is 0 Å². The first-order valence-electron chi connectivity index (χ1n) is 7.71. The zero-order valence-electron chi connectivity index (χ0n) is 13.5. The number of rotatable bonds is 7. The Morgan fingerprint density at radius 3 is 2.67 bits per heavy atom. The van der Waals surface area contributed by atoms with Crippen LogP contribution in [0, 0.1) is 13.8 Å². The van der Waals surface area contributed by atoms with E-state index in [2.05, 4.69) is 34.2 Å². The molecule has 114 valence electrons. The van der Waals surface area contributed by atoms with Gasteiger partial charge in [-0.2, -0.15) is 5.10 Å². The first kappa shape index (κ1) is 15.5. The number of nitrogens with zero attached hydrogens (tertiary/aromatic N) is 4. The van der Waals surface area contributed by atoms with Gasteiger partial charge in [-0.05, 0) is 26.3 Å². The van der Waals surface area contributed by atoms with Crippen molar-refractivity contribution in [3.05, 3.63) is 23.7 Å². The molecule has 0 radical (unpaired) electrons. The molecule has 2 aromatic heterocycles. The summed E-state index contributed by atoms with van der Waals surface area (Å²) < 4.78 is 1.89. The van der Waals surface area contributed by atoms with Gasteiger partial charge < -0.3 is 5.32 Å². The average molecular weight is 287 g/mol. The fourth-order valence-electron chi connectivity index (χ4n) is 2.48. The highest BCUT2D eigenvalue weighted by molar-refractivity contribution is 5.65. The van der Waals surface area contributed by atoms with Crippen molar-refractivity contribution >= 4 is 5.95 Å². The summed E-state index contributed by atoms with van der Waals surface area (Å²) in [5, 5.41) is 7.76. The van der Waals surface area contributed by atoms with Crippen molar-refractivity contribution in [3.63, 3.8) is 0 Å². The van der Waals surface area contributed by atoms with Gasteiger partial charge in [-0.1, -0.05) is 26.2 Å². The minimum absolute atomic E-state index is 0.701. The van der Waals surface area contributed by atoms with Gasteiger partial charge in [-0.3, -0.25) is 4.68 Å². The lowest BCUT2D eigenvalue weighted by molar-refractivity contribution is 0.683. The van der Waals surface area contributed by atoms with Crippen LogP contribution in [-0.4, -0.2) is 26.3 Å². The quantitative estimate of drug-likeness (QED) is 0.792. The largest absolute Gasteiger partial charge is 0.354 e. The van der Waals surface area contributed by atoms with E-state index in [1.807, 2.05) is 30.9 Å². The van der Waals surface area contributed by atoms with Crippen LogP contribution in [0.5, 0.6) is 0 Å². The highest BCUT2D eigenvalue weighted by Gasteiger charge is 2.13. The summed E-state index contributed by atoms with van der Waals surface area (Å²) in [5.74, 6) is 0.701. The van der Waals surface area contributed by atoms with E-state index >= 15 is 0 Å².